The van der Waals surface area contributed by atoms with E-state index in [0.717, 1.165) is 12.3 Å². The van der Waals surface area contributed by atoms with Crippen molar-refractivity contribution in [2.75, 3.05) is 0 Å². The minimum absolute atomic E-state index is 0.338. The van der Waals surface area contributed by atoms with Crippen molar-refractivity contribution in [3.8, 4) is 6.07 Å². The number of nitrogens with zero attached hydrogens (tertiary/aromatic N) is 2. The molecule has 4 atom stereocenters. The summed E-state index contributed by atoms with van der Waals surface area (Å²) < 4.78 is 0. The van der Waals surface area contributed by atoms with Crippen LogP contribution in [0.5, 0.6) is 0 Å². The Morgan fingerprint density at radius 3 is 2.69 bits per heavy atom. The van der Waals surface area contributed by atoms with Crippen LogP contribution in [0, 0.1) is 29.1 Å². The van der Waals surface area contributed by atoms with Crippen molar-refractivity contribution >= 4 is 6.08 Å². The molecule has 2 aliphatic rings. The van der Waals surface area contributed by atoms with Gasteiger partial charge in [0.2, 0.25) is 6.08 Å². The van der Waals surface area contributed by atoms with Gasteiger partial charge in [-0.3, -0.25) is 0 Å². The Bertz CT molecular complexity index is 288. The predicted molar refractivity (Wildman–Crippen MR) is 46.5 cm³/mol. The van der Waals surface area contributed by atoms with E-state index in [2.05, 4.69) is 11.1 Å². The molecule has 0 amide bonds. The quantitative estimate of drug-likeness (QED) is 0.474. The van der Waals surface area contributed by atoms with Crippen LogP contribution in [0.1, 0.15) is 25.7 Å². The summed E-state index contributed by atoms with van der Waals surface area (Å²) >= 11 is 0. The SMILES string of the molecule is N#CC(N=C=O)C1CC2CCC1C2. The van der Waals surface area contributed by atoms with Gasteiger partial charge in [0.1, 0.15) is 0 Å². The van der Waals surface area contributed by atoms with Crippen LogP contribution in [-0.2, 0) is 4.79 Å². The van der Waals surface area contributed by atoms with E-state index < -0.39 is 6.04 Å². The molecule has 0 aromatic rings. The van der Waals surface area contributed by atoms with Crippen molar-refractivity contribution in [3.05, 3.63) is 0 Å². The number of hydrogen-bond acceptors (Lipinski definition) is 3. The second-order valence-corrected chi connectivity index (χ2v) is 4.13. The molecule has 2 fully saturated rings. The molecule has 0 aromatic carbocycles. The monoisotopic (exact) mass is 176 g/mol. The Morgan fingerprint density at radius 1 is 1.38 bits per heavy atom. The first-order valence-electron chi connectivity index (χ1n) is 4.81. The molecule has 0 aliphatic heterocycles. The van der Waals surface area contributed by atoms with Crippen LogP contribution in [0.25, 0.3) is 0 Å². The lowest BCUT2D eigenvalue weighted by Crippen LogP contribution is -2.22. The summed E-state index contributed by atoms with van der Waals surface area (Å²) in [4.78, 5) is 13.7. The molecule has 0 aromatic heterocycles. The second kappa shape index (κ2) is 3.32. The van der Waals surface area contributed by atoms with E-state index >= 15 is 0 Å². The number of isocyanates is 1. The molecule has 0 spiro atoms. The minimum Gasteiger partial charge on any atom is -0.211 e. The number of carbonyl (C=O) groups excluding carboxylic acids is 1. The fourth-order valence-corrected chi connectivity index (χ4v) is 2.96. The highest BCUT2D eigenvalue weighted by Crippen LogP contribution is 2.49. The lowest BCUT2D eigenvalue weighted by Gasteiger charge is -2.22. The van der Waals surface area contributed by atoms with Gasteiger partial charge in [-0.25, -0.2) is 4.79 Å². The highest BCUT2D eigenvalue weighted by molar-refractivity contribution is 5.35. The van der Waals surface area contributed by atoms with Crippen LogP contribution in [0.3, 0.4) is 0 Å². The molecule has 2 aliphatic carbocycles. The molecule has 3 nitrogen and oxygen atoms in total. The van der Waals surface area contributed by atoms with Gasteiger partial charge in [-0.1, -0.05) is 6.42 Å². The fraction of sp³-hybridized carbons (Fsp3) is 0.800. The normalized spacial score (nSPS) is 37.9. The lowest BCUT2D eigenvalue weighted by molar-refractivity contribution is 0.312. The van der Waals surface area contributed by atoms with E-state index in [1.165, 1.54) is 25.3 Å². The third-order valence-electron chi connectivity index (χ3n) is 3.52. The second-order valence-electron chi connectivity index (χ2n) is 4.13. The zero-order chi connectivity index (χ0) is 9.26. The van der Waals surface area contributed by atoms with Crippen LogP contribution in [0.15, 0.2) is 4.99 Å². The summed E-state index contributed by atoms with van der Waals surface area (Å²) in [6.45, 7) is 0. The van der Waals surface area contributed by atoms with Gasteiger partial charge in [-0.2, -0.15) is 10.3 Å². The van der Waals surface area contributed by atoms with Gasteiger partial charge in [0.25, 0.3) is 0 Å². The molecule has 0 radical (unpaired) electrons. The highest BCUT2D eigenvalue weighted by Gasteiger charge is 2.43. The molecule has 13 heavy (non-hydrogen) atoms. The molecule has 2 saturated carbocycles. The molecule has 0 saturated heterocycles. The molecule has 0 heterocycles. The Kier molecular flexibility index (Phi) is 2.16. The van der Waals surface area contributed by atoms with Crippen molar-refractivity contribution in [3.63, 3.8) is 0 Å². The number of hydrogen-bond donors (Lipinski definition) is 0. The molecule has 3 heteroatoms. The molecule has 2 rings (SSSR count). The van der Waals surface area contributed by atoms with Gasteiger partial charge in [0.15, 0.2) is 6.04 Å². The number of fused-ring (bicyclic) bond motifs is 2. The van der Waals surface area contributed by atoms with Crippen molar-refractivity contribution in [1.29, 1.82) is 5.26 Å². The Morgan fingerprint density at radius 2 is 2.23 bits per heavy atom. The minimum atomic E-state index is -0.423. The van der Waals surface area contributed by atoms with Crippen molar-refractivity contribution in [2.45, 2.75) is 31.7 Å². The first-order chi connectivity index (χ1) is 6.35. The highest BCUT2D eigenvalue weighted by atomic mass is 16.1. The molecule has 2 bridgehead atoms. The van der Waals surface area contributed by atoms with Crippen LogP contribution in [-0.4, -0.2) is 12.1 Å². The van der Waals surface area contributed by atoms with Gasteiger partial charge in [-0.15, -0.1) is 0 Å². The lowest BCUT2D eigenvalue weighted by atomic mass is 9.84. The first kappa shape index (κ1) is 8.47. The average molecular weight is 176 g/mol. The number of nitriles is 1. The fourth-order valence-electron chi connectivity index (χ4n) is 2.96. The van der Waals surface area contributed by atoms with Crippen LogP contribution in [0.2, 0.25) is 0 Å². The number of aliphatic imine (C=N–C) groups is 1. The van der Waals surface area contributed by atoms with Gasteiger partial charge < -0.3 is 0 Å². The van der Waals surface area contributed by atoms with E-state index in [9.17, 15) is 4.79 Å². The van der Waals surface area contributed by atoms with Crippen LogP contribution in [0.4, 0.5) is 0 Å². The summed E-state index contributed by atoms with van der Waals surface area (Å²) in [5.74, 6) is 1.78. The van der Waals surface area contributed by atoms with Crippen molar-refractivity contribution < 1.29 is 4.79 Å². The Labute approximate surface area is 77.5 Å². The summed E-state index contributed by atoms with van der Waals surface area (Å²) in [5, 5.41) is 8.82. The van der Waals surface area contributed by atoms with E-state index in [1.807, 2.05) is 0 Å². The van der Waals surface area contributed by atoms with Gasteiger partial charge in [0.05, 0.1) is 6.07 Å². The molecular formula is C10H12N2O. The van der Waals surface area contributed by atoms with Crippen LogP contribution < -0.4 is 0 Å². The first-order valence-corrected chi connectivity index (χ1v) is 4.81. The van der Waals surface area contributed by atoms with Gasteiger partial charge >= 0.3 is 0 Å². The summed E-state index contributed by atoms with van der Waals surface area (Å²) in [6, 6.07) is 1.68. The molecule has 4 unspecified atom stereocenters. The number of rotatable bonds is 2. The maximum absolute atomic E-state index is 10.1. The predicted octanol–water partition coefficient (Wildman–Crippen LogP) is 1.65. The van der Waals surface area contributed by atoms with E-state index in [-0.39, 0.29) is 0 Å². The maximum atomic E-state index is 10.1. The zero-order valence-corrected chi connectivity index (χ0v) is 7.44. The standard InChI is InChI=1S/C10H12N2O/c11-5-10(12-6-13)9-4-7-1-2-8(9)3-7/h7-10H,1-4H2. The van der Waals surface area contributed by atoms with Crippen molar-refractivity contribution in [1.82, 2.24) is 0 Å². The van der Waals surface area contributed by atoms with Gasteiger partial charge in [0, 0.05) is 0 Å². The molecule has 0 N–H and O–H groups in total. The average Bonchev–Trinajstić information content (AvgIpc) is 2.74. The third-order valence-corrected chi connectivity index (χ3v) is 3.52. The molecular weight excluding hydrogens is 164 g/mol. The van der Waals surface area contributed by atoms with E-state index in [0.29, 0.717) is 11.8 Å². The smallest absolute Gasteiger partial charge is 0.211 e. The van der Waals surface area contributed by atoms with Gasteiger partial charge in [-0.05, 0) is 37.0 Å². The van der Waals surface area contributed by atoms with Crippen LogP contribution >= 0.6 is 0 Å². The summed E-state index contributed by atoms with van der Waals surface area (Å²) in [7, 11) is 0. The Hall–Kier alpha value is -1.13. The zero-order valence-electron chi connectivity index (χ0n) is 7.44. The largest absolute Gasteiger partial charge is 0.236 e. The topological polar surface area (TPSA) is 53.2 Å². The molecule has 68 valence electrons. The van der Waals surface area contributed by atoms with E-state index in [4.69, 9.17) is 5.26 Å². The summed E-state index contributed by atoms with van der Waals surface area (Å²) in [5.41, 5.74) is 0. The Balaban J connectivity index is 2.09. The van der Waals surface area contributed by atoms with Crippen molar-refractivity contribution in [2.24, 2.45) is 22.7 Å². The van der Waals surface area contributed by atoms with E-state index in [1.54, 1.807) is 0 Å². The maximum Gasteiger partial charge on any atom is 0.236 e. The third kappa shape index (κ3) is 1.38. The summed E-state index contributed by atoms with van der Waals surface area (Å²) in [6.07, 6.45) is 6.38.